The Morgan fingerprint density at radius 2 is 1.36 bits per heavy atom. The topological polar surface area (TPSA) is 51.6 Å². The second-order valence-electron chi connectivity index (χ2n) is 1.92. The average molecular weight is 200 g/mol. The lowest BCUT2D eigenvalue weighted by molar-refractivity contribution is 1.21. The standard InChI is InChI=1S/C4N4S3/c5-3-1(10-7-5)2-4(9-3)6-8-11-2. The van der Waals surface area contributed by atoms with E-state index >= 15 is 0 Å². The fourth-order valence-corrected chi connectivity index (χ4v) is 3.54. The van der Waals surface area contributed by atoms with Gasteiger partial charge in [0, 0.05) is 0 Å². The van der Waals surface area contributed by atoms with Gasteiger partial charge in [0.15, 0.2) is 9.66 Å². The van der Waals surface area contributed by atoms with Crippen LogP contribution in [0.15, 0.2) is 0 Å². The molecule has 0 radical (unpaired) electrons. The van der Waals surface area contributed by atoms with Gasteiger partial charge in [0.25, 0.3) is 0 Å². The third-order valence-corrected chi connectivity index (χ3v) is 4.15. The van der Waals surface area contributed by atoms with Gasteiger partial charge in [-0.25, -0.2) is 0 Å². The number of rotatable bonds is 0. The van der Waals surface area contributed by atoms with Gasteiger partial charge >= 0.3 is 0 Å². The summed E-state index contributed by atoms with van der Waals surface area (Å²) in [6, 6.07) is 0. The normalized spacial score (nSPS) is 11.6. The van der Waals surface area contributed by atoms with Crippen LogP contribution in [0.5, 0.6) is 0 Å². The number of aromatic nitrogens is 4. The number of fused-ring (bicyclic) bond motifs is 3. The van der Waals surface area contributed by atoms with Crippen LogP contribution in [-0.2, 0) is 0 Å². The van der Waals surface area contributed by atoms with Gasteiger partial charge in [0.1, 0.15) is 9.40 Å². The maximum atomic E-state index is 3.95. The van der Waals surface area contributed by atoms with Gasteiger partial charge in [0.05, 0.1) is 0 Å². The zero-order chi connectivity index (χ0) is 7.26. The van der Waals surface area contributed by atoms with E-state index in [1.165, 1.54) is 23.1 Å². The zero-order valence-electron chi connectivity index (χ0n) is 5.01. The van der Waals surface area contributed by atoms with E-state index in [2.05, 4.69) is 19.2 Å². The molecule has 4 nitrogen and oxygen atoms in total. The Balaban J connectivity index is 2.75. The fourth-order valence-electron chi connectivity index (χ4n) is 0.868. The molecule has 0 aliphatic carbocycles. The average Bonchev–Trinajstić information content (AvgIpc) is 2.52. The van der Waals surface area contributed by atoms with E-state index in [4.69, 9.17) is 0 Å². The van der Waals surface area contributed by atoms with Crippen LogP contribution in [-0.4, -0.2) is 19.2 Å². The van der Waals surface area contributed by atoms with E-state index in [1.807, 2.05) is 0 Å². The molecule has 0 unspecified atom stereocenters. The Morgan fingerprint density at radius 1 is 0.818 bits per heavy atom. The number of nitrogens with zero attached hydrogens (tertiary/aromatic N) is 4. The third-order valence-electron chi connectivity index (χ3n) is 1.32. The molecule has 7 heteroatoms. The van der Waals surface area contributed by atoms with E-state index in [9.17, 15) is 0 Å². The van der Waals surface area contributed by atoms with Crippen LogP contribution < -0.4 is 0 Å². The Hall–Kier alpha value is -0.660. The van der Waals surface area contributed by atoms with E-state index in [0.29, 0.717) is 0 Å². The van der Waals surface area contributed by atoms with Crippen LogP contribution in [0.4, 0.5) is 0 Å². The Kier molecular flexibility index (Phi) is 1.04. The van der Waals surface area contributed by atoms with Crippen LogP contribution >= 0.6 is 34.4 Å². The van der Waals surface area contributed by atoms with E-state index in [0.717, 1.165) is 19.1 Å². The first kappa shape index (κ1) is 5.92. The fraction of sp³-hybridized carbons (Fsp3) is 0. The molecule has 0 fully saturated rings. The highest BCUT2D eigenvalue weighted by molar-refractivity contribution is 7.35. The SMILES string of the molecule is n1nc2sc3nnsc3c2s1. The molecule has 0 N–H and O–H groups in total. The molecule has 3 rings (SSSR count). The van der Waals surface area contributed by atoms with Gasteiger partial charge in [0.2, 0.25) is 0 Å². The number of thiophene rings is 1. The molecule has 0 aliphatic heterocycles. The molecule has 0 atom stereocenters. The van der Waals surface area contributed by atoms with Crippen molar-refractivity contribution in [3.05, 3.63) is 0 Å². The van der Waals surface area contributed by atoms with Crippen LogP contribution in [0, 0.1) is 0 Å². The summed E-state index contributed by atoms with van der Waals surface area (Å²) in [6.07, 6.45) is 0. The van der Waals surface area contributed by atoms with E-state index < -0.39 is 0 Å². The predicted octanol–water partition coefficient (Wildman–Crippen LogP) is 1.76. The highest BCUT2D eigenvalue weighted by atomic mass is 32.1. The van der Waals surface area contributed by atoms with Gasteiger partial charge in [-0.3, -0.25) is 0 Å². The summed E-state index contributed by atoms with van der Waals surface area (Å²) in [7, 11) is 0. The Bertz CT molecular complexity index is 460. The molecular formula is C4N4S3. The van der Waals surface area contributed by atoms with Gasteiger partial charge in [-0.1, -0.05) is 20.3 Å². The molecule has 0 saturated heterocycles. The zero-order valence-corrected chi connectivity index (χ0v) is 7.46. The van der Waals surface area contributed by atoms with Crippen molar-refractivity contribution in [1.82, 2.24) is 19.2 Å². The van der Waals surface area contributed by atoms with Crippen molar-refractivity contribution in [3.8, 4) is 0 Å². The minimum atomic E-state index is 0.978. The third kappa shape index (κ3) is 0.673. The van der Waals surface area contributed by atoms with Gasteiger partial charge in [-0.05, 0) is 23.1 Å². The second-order valence-corrected chi connectivity index (χ2v) is 4.40. The lowest BCUT2D eigenvalue weighted by atomic mass is 10.6. The summed E-state index contributed by atoms with van der Waals surface area (Å²) < 4.78 is 9.94. The summed E-state index contributed by atoms with van der Waals surface area (Å²) in [5, 5.41) is 7.91. The smallest absolute Gasteiger partial charge is 0.127 e. The highest BCUT2D eigenvalue weighted by Crippen LogP contribution is 2.34. The van der Waals surface area contributed by atoms with Crippen LogP contribution in [0.3, 0.4) is 0 Å². The van der Waals surface area contributed by atoms with Crippen molar-refractivity contribution in [1.29, 1.82) is 0 Å². The maximum absolute atomic E-state index is 3.95. The molecule has 0 saturated carbocycles. The van der Waals surface area contributed by atoms with Gasteiger partial charge in [-0.2, -0.15) is 0 Å². The minimum absolute atomic E-state index is 0.978. The van der Waals surface area contributed by atoms with Crippen LogP contribution in [0.25, 0.3) is 19.1 Å². The molecule has 0 amide bonds. The molecule has 11 heavy (non-hydrogen) atoms. The summed E-state index contributed by atoms with van der Waals surface area (Å²) >= 11 is 4.36. The molecule has 3 aromatic heterocycles. The maximum Gasteiger partial charge on any atom is 0.162 e. The van der Waals surface area contributed by atoms with Crippen molar-refractivity contribution in [2.45, 2.75) is 0 Å². The van der Waals surface area contributed by atoms with E-state index in [-0.39, 0.29) is 0 Å². The van der Waals surface area contributed by atoms with Crippen molar-refractivity contribution >= 4 is 53.5 Å². The van der Waals surface area contributed by atoms with Crippen molar-refractivity contribution in [2.24, 2.45) is 0 Å². The summed E-state index contributed by atoms with van der Waals surface area (Å²) in [5.41, 5.74) is 0. The lowest BCUT2D eigenvalue weighted by Gasteiger charge is -1.64. The highest BCUT2D eigenvalue weighted by Gasteiger charge is 2.10. The van der Waals surface area contributed by atoms with Crippen molar-refractivity contribution in [3.63, 3.8) is 0 Å². The first-order valence-corrected chi connectivity index (χ1v) is 5.14. The van der Waals surface area contributed by atoms with Crippen LogP contribution in [0.2, 0.25) is 0 Å². The van der Waals surface area contributed by atoms with Gasteiger partial charge < -0.3 is 0 Å². The quantitative estimate of drug-likeness (QED) is 0.555. The molecule has 3 aromatic rings. The van der Waals surface area contributed by atoms with Gasteiger partial charge in [-0.15, -0.1) is 10.2 Å². The predicted molar refractivity (Wildman–Crippen MR) is 46.3 cm³/mol. The van der Waals surface area contributed by atoms with Crippen LogP contribution in [0.1, 0.15) is 0 Å². The molecule has 0 bridgehead atoms. The molecule has 54 valence electrons. The molecule has 0 aliphatic rings. The van der Waals surface area contributed by atoms with Crippen molar-refractivity contribution in [2.75, 3.05) is 0 Å². The minimum Gasteiger partial charge on any atom is -0.127 e. The first-order chi connectivity index (χ1) is 5.45. The largest absolute Gasteiger partial charge is 0.162 e. The number of hydrogen-bond donors (Lipinski definition) is 0. The molecular weight excluding hydrogens is 200 g/mol. The monoisotopic (exact) mass is 200 g/mol. The molecule has 0 spiro atoms. The van der Waals surface area contributed by atoms with Crippen molar-refractivity contribution < 1.29 is 0 Å². The Morgan fingerprint density at radius 3 is 1.91 bits per heavy atom. The Labute approximate surface area is 72.8 Å². The first-order valence-electron chi connectivity index (χ1n) is 2.78. The van der Waals surface area contributed by atoms with E-state index in [1.54, 1.807) is 11.3 Å². The number of hydrogen-bond acceptors (Lipinski definition) is 7. The second kappa shape index (κ2) is 1.93. The molecule has 3 heterocycles. The summed E-state index contributed by atoms with van der Waals surface area (Å²) in [6.45, 7) is 0. The lowest BCUT2D eigenvalue weighted by Crippen LogP contribution is -1.58. The summed E-state index contributed by atoms with van der Waals surface area (Å²) in [4.78, 5) is 1.96. The molecule has 0 aromatic carbocycles. The summed E-state index contributed by atoms with van der Waals surface area (Å²) in [5.74, 6) is 0.